The fourth-order valence-corrected chi connectivity index (χ4v) is 2.63. The third-order valence-corrected chi connectivity index (χ3v) is 3.91. The monoisotopic (exact) mass is 392 g/mol. The Morgan fingerprint density at radius 3 is 2.52 bits per heavy atom. The Labute approximate surface area is 154 Å². The van der Waals surface area contributed by atoms with Gasteiger partial charge in [-0.15, -0.1) is 0 Å². The molecule has 2 atom stereocenters. The van der Waals surface area contributed by atoms with E-state index in [1.54, 1.807) is 20.8 Å². The Morgan fingerprint density at radius 1 is 1.33 bits per heavy atom. The van der Waals surface area contributed by atoms with Crippen molar-refractivity contribution in [2.75, 3.05) is 20.2 Å². The number of ether oxygens (including phenoxy) is 2. The summed E-state index contributed by atoms with van der Waals surface area (Å²) in [6.07, 6.45) is -4.67. The summed E-state index contributed by atoms with van der Waals surface area (Å²) in [5, 5.41) is 2.60. The summed E-state index contributed by atoms with van der Waals surface area (Å²) in [6.45, 7) is 5.76. The molecule has 1 saturated heterocycles. The van der Waals surface area contributed by atoms with Gasteiger partial charge in [0.1, 0.15) is 5.60 Å². The van der Waals surface area contributed by atoms with Crippen LogP contribution in [0, 0.1) is 0 Å². The number of nitrogens with one attached hydrogen (secondary N) is 2. The van der Waals surface area contributed by atoms with Crippen LogP contribution < -0.4 is 5.32 Å². The van der Waals surface area contributed by atoms with Crippen LogP contribution in [0.4, 0.5) is 18.0 Å². The van der Waals surface area contributed by atoms with Crippen LogP contribution in [-0.2, 0) is 15.7 Å². The molecule has 1 aromatic heterocycles. The fraction of sp³-hybridized carbons (Fsp3) is 0.688. The number of aromatic nitrogens is 2. The topological polar surface area (TPSA) is 96.6 Å². The first-order valence-electron chi connectivity index (χ1n) is 8.35. The Morgan fingerprint density at radius 2 is 2.00 bits per heavy atom. The van der Waals surface area contributed by atoms with Gasteiger partial charge in [-0.25, -0.2) is 9.78 Å². The number of carbonyl (C=O) groups is 2. The van der Waals surface area contributed by atoms with Gasteiger partial charge in [-0.2, -0.15) is 13.2 Å². The molecule has 0 spiro atoms. The van der Waals surface area contributed by atoms with Crippen molar-refractivity contribution in [1.29, 1.82) is 0 Å². The predicted molar refractivity (Wildman–Crippen MR) is 88.1 cm³/mol. The van der Waals surface area contributed by atoms with Crippen molar-refractivity contribution in [3.8, 4) is 0 Å². The second kappa shape index (κ2) is 7.75. The number of aromatic amines is 1. The molecule has 0 aliphatic carbocycles. The van der Waals surface area contributed by atoms with E-state index in [2.05, 4.69) is 15.3 Å². The molecule has 2 amide bonds. The van der Waals surface area contributed by atoms with Crippen LogP contribution >= 0.6 is 0 Å². The molecular formula is C16H23F3N4O4. The molecule has 2 N–H and O–H groups in total. The molecule has 27 heavy (non-hydrogen) atoms. The first kappa shape index (κ1) is 21.0. The van der Waals surface area contributed by atoms with Crippen LogP contribution in [0.3, 0.4) is 0 Å². The number of halogens is 3. The summed E-state index contributed by atoms with van der Waals surface area (Å²) in [4.78, 5) is 31.3. The molecule has 0 bridgehead atoms. The highest BCUT2D eigenvalue weighted by Gasteiger charge is 2.37. The second-order valence-corrected chi connectivity index (χ2v) is 7.20. The van der Waals surface area contributed by atoms with Crippen LogP contribution in [-0.4, -0.2) is 64.8 Å². The highest BCUT2D eigenvalue weighted by molar-refractivity contribution is 5.90. The Balaban J connectivity index is 1.98. The van der Waals surface area contributed by atoms with Crippen LogP contribution in [0.2, 0.25) is 0 Å². The van der Waals surface area contributed by atoms with E-state index >= 15 is 0 Å². The number of amides is 2. The number of likely N-dealkylation sites (tertiary alicyclic amines) is 1. The van der Waals surface area contributed by atoms with Gasteiger partial charge in [0.15, 0.2) is 11.5 Å². The van der Waals surface area contributed by atoms with Gasteiger partial charge < -0.3 is 24.7 Å². The van der Waals surface area contributed by atoms with E-state index in [1.807, 2.05) is 0 Å². The molecule has 11 heteroatoms. The number of hydrogen-bond acceptors (Lipinski definition) is 5. The lowest BCUT2D eigenvalue weighted by atomic mass is 10.0. The van der Waals surface area contributed by atoms with Gasteiger partial charge in [0.2, 0.25) is 0 Å². The van der Waals surface area contributed by atoms with E-state index in [0.29, 0.717) is 19.2 Å². The normalized spacial score (nSPS) is 21.1. The van der Waals surface area contributed by atoms with Gasteiger partial charge in [0.25, 0.3) is 5.91 Å². The SMILES string of the molecule is COC1CN(C(=O)OC(C)(C)C)CCC1NC(=O)c1nc(C(F)(F)F)c[nH]1. The van der Waals surface area contributed by atoms with Crippen molar-refractivity contribution >= 4 is 12.0 Å². The number of H-pyrrole nitrogens is 1. The number of nitrogens with zero attached hydrogens (tertiary/aromatic N) is 2. The zero-order valence-electron chi connectivity index (χ0n) is 15.5. The number of rotatable bonds is 3. The third-order valence-electron chi connectivity index (χ3n) is 3.91. The van der Waals surface area contributed by atoms with E-state index in [9.17, 15) is 22.8 Å². The molecule has 0 radical (unpaired) electrons. The van der Waals surface area contributed by atoms with E-state index in [1.165, 1.54) is 12.0 Å². The molecule has 1 fully saturated rings. The second-order valence-electron chi connectivity index (χ2n) is 7.20. The minimum Gasteiger partial charge on any atom is -0.444 e. The van der Waals surface area contributed by atoms with Crippen molar-refractivity contribution in [3.63, 3.8) is 0 Å². The first-order valence-corrected chi connectivity index (χ1v) is 8.35. The molecule has 0 aromatic carbocycles. The molecule has 1 aromatic rings. The van der Waals surface area contributed by atoms with E-state index in [4.69, 9.17) is 9.47 Å². The average molecular weight is 392 g/mol. The van der Waals surface area contributed by atoms with Gasteiger partial charge in [-0.3, -0.25) is 4.79 Å². The van der Waals surface area contributed by atoms with Crippen LogP contribution in [0.15, 0.2) is 6.20 Å². The van der Waals surface area contributed by atoms with Crippen molar-refractivity contribution in [1.82, 2.24) is 20.2 Å². The molecule has 2 heterocycles. The molecule has 8 nitrogen and oxygen atoms in total. The lowest BCUT2D eigenvalue weighted by Gasteiger charge is -2.38. The molecule has 2 rings (SSSR count). The highest BCUT2D eigenvalue weighted by Crippen LogP contribution is 2.27. The third kappa shape index (κ3) is 5.59. The maximum Gasteiger partial charge on any atom is 0.434 e. The molecule has 152 valence electrons. The van der Waals surface area contributed by atoms with Gasteiger partial charge in [0.05, 0.1) is 18.7 Å². The Hall–Kier alpha value is -2.30. The molecule has 1 aliphatic rings. The highest BCUT2D eigenvalue weighted by atomic mass is 19.4. The quantitative estimate of drug-likeness (QED) is 0.822. The fourth-order valence-electron chi connectivity index (χ4n) is 2.63. The maximum absolute atomic E-state index is 12.6. The maximum atomic E-state index is 12.6. The summed E-state index contributed by atoms with van der Waals surface area (Å²) in [6, 6.07) is -0.486. The molecular weight excluding hydrogens is 369 g/mol. The van der Waals surface area contributed by atoms with E-state index in [0.717, 1.165) is 0 Å². The summed E-state index contributed by atoms with van der Waals surface area (Å²) < 4.78 is 48.4. The summed E-state index contributed by atoms with van der Waals surface area (Å²) in [5.74, 6) is -1.21. The smallest absolute Gasteiger partial charge is 0.434 e. The predicted octanol–water partition coefficient (Wildman–Crippen LogP) is 2.18. The van der Waals surface area contributed by atoms with Crippen molar-refractivity contribution < 1.29 is 32.2 Å². The molecule has 0 saturated carbocycles. The lowest BCUT2D eigenvalue weighted by molar-refractivity contribution is -0.140. The summed E-state index contributed by atoms with van der Waals surface area (Å²) in [7, 11) is 1.43. The van der Waals surface area contributed by atoms with Crippen molar-refractivity contribution in [2.24, 2.45) is 0 Å². The van der Waals surface area contributed by atoms with Gasteiger partial charge in [0, 0.05) is 19.9 Å². The number of imidazole rings is 1. The Kier molecular flexibility index (Phi) is 6.03. The first-order chi connectivity index (χ1) is 12.4. The van der Waals surface area contributed by atoms with E-state index < -0.39 is 47.4 Å². The molecule has 2 unspecified atom stereocenters. The zero-order valence-corrected chi connectivity index (χ0v) is 15.5. The van der Waals surface area contributed by atoms with Gasteiger partial charge in [-0.05, 0) is 27.2 Å². The van der Waals surface area contributed by atoms with Crippen LogP contribution in [0.1, 0.15) is 43.5 Å². The van der Waals surface area contributed by atoms with E-state index in [-0.39, 0.29) is 6.54 Å². The van der Waals surface area contributed by atoms with Crippen molar-refractivity contribution in [2.45, 2.75) is 51.1 Å². The van der Waals surface area contributed by atoms with Crippen molar-refractivity contribution in [3.05, 3.63) is 17.7 Å². The minimum absolute atomic E-state index is 0.183. The van der Waals surface area contributed by atoms with Gasteiger partial charge in [-0.1, -0.05) is 0 Å². The number of alkyl halides is 3. The Bertz CT molecular complexity index is 684. The number of methoxy groups -OCH3 is 1. The zero-order chi connectivity index (χ0) is 20.4. The van der Waals surface area contributed by atoms with Gasteiger partial charge >= 0.3 is 12.3 Å². The van der Waals surface area contributed by atoms with Crippen LogP contribution in [0.25, 0.3) is 0 Å². The standard InChI is InChI=1S/C16H23F3N4O4/c1-15(2,3)27-14(25)23-6-5-9(10(8-23)26-4)21-13(24)12-20-7-11(22-12)16(17,18)19/h7,9-10H,5-6,8H2,1-4H3,(H,20,22)(H,21,24). The lowest BCUT2D eigenvalue weighted by Crippen LogP contribution is -2.56. The molecule has 1 aliphatic heterocycles. The summed E-state index contributed by atoms with van der Waals surface area (Å²) in [5.41, 5.74) is -1.81. The number of hydrogen-bond donors (Lipinski definition) is 2. The van der Waals surface area contributed by atoms with Crippen LogP contribution in [0.5, 0.6) is 0 Å². The minimum atomic E-state index is -4.64. The number of carbonyl (C=O) groups excluding carboxylic acids is 2. The summed E-state index contributed by atoms with van der Waals surface area (Å²) >= 11 is 0. The largest absolute Gasteiger partial charge is 0.444 e. The average Bonchev–Trinajstić information content (AvgIpc) is 3.03. The number of piperidine rings is 1.